The van der Waals surface area contributed by atoms with Gasteiger partial charge in [-0.3, -0.25) is 0 Å². The molecule has 0 heterocycles. The summed E-state index contributed by atoms with van der Waals surface area (Å²) in [6.45, 7) is 0. The first-order chi connectivity index (χ1) is 1.41. The van der Waals surface area contributed by atoms with Crippen LogP contribution in [0, 0.1) is 4.24 Å². The van der Waals surface area contributed by atoms with Gasteiger partial charge in [-0.15, -0.1) is 0 Å². The van der Waals surface area contributed by atoms with Crippen molar-refractivity contribution in [2.45, 2.75) is 0 Å². The molecule has 0 atom stereocenters. The smallest absolute Gasteiger partial charge is 0.308 e. The molecule has 20 valence electrons. The first kappa shape index (κ1) is 9.12. The van der Waals surface area contributed by atoms with E-state index in [2.05, 4.69) is 31.9 Å². The van der Waals surface area contributed by atoms with E-state index in [4.69, 9.17) is 0 Å². The van der Waals surface area contributed by atoms with E-state index in [-0.39, 0.29) is 18.9 Å². The molecule has 0 nitrogen and oxygen atoms in total. The minimum absolute atomic E-state index is 0. The van der Waals surface area contributed by atoms with Crippen LogP contribution in [-0.4, -0.2) is 0 Å². The molecule has 3 heteroatoms. The fraction of sp³-hybridized carbons (Fsp3) is 0. The van der Waals surface area contributed by atoms with Crippen molar-refractivity contribution in [1.29, 1.82) is 0 Å². The van der Waals surface area contributed by atoms with Crippen LogP contribution in [0.4, 0.5) is 0 Å². The van der Waals surface area contributed by atoms with Gasteiger partial charge in [0, 0.05) is 0 Å². The standard InChI is InChI=1S/CHBr2.Li/c2-1-3;/h1H;/q-1;+1. The molecule has 0 saturated carbocycles. The first-order valence-electron chi connectivity index (χ1n) is 0.436. The summed E-state index contributed by atoms with van der Waals surface area (Å²) in [6.07, 6.45) is 0. The molecule has 4 heavy (non-hydrogen) atoms. The Hall–Kier alpha value is 1.56. The van der Waals surface area contributed by atoms with E-state index < -0.39 is 0 Å². The molecular formula is CHBr2Li. The average Bonchev–Trinajstić information content (AvgIpc) is 0.918. The zero-order chi connectivity index (χ0) is 2.71. The predicted octanol–water partition coefficient (Wildman–Crippen LogP) is -1.10. The Morgan fingerprint density at radius 2 is 1.25 bits per heavy atom. The normalized spacial score (nSPS) is 4.50. The van der Waals surface area contributed by atoms with Gasteiger partial charge in [-0.05, 0) is 0 Å². The molecule has 0 spiro atoms. The van der Waals surface area contributed by atoms with Gasteiger partial charge in [0.15, 0.2) is 0 Å². The molecule has 0 aliphatic rings. The zero-order valence-corrected chi connectivity index (χ0v) is 5.51. The van der Waals surface area contributed by atoms with Gasteiger partial charge in [0.2, 0.25) is 0 Å². The summed E-state index contributed by atoms with van der Waals surface area (Å²) >= 11 is 5.88. The monoisotopic (exact) mass is 178 g/mol. The van der Waals surface area contributed by atoms with Crippen molar-refractivity contribution in [3.05, 3.63) is 4.24 Å². The van der Waals surface area contributed by atoms with E-state index in [0.29, 0.717) is 0 Å². The van der Waals surface area contributed by atoms with Crippen LogP contribution >= 0.6 is 31.9 Å². The Morgan fingerprint density at radius 1 is 1.25 bits per heavy atom. The van der Waals surface area contributed by atoms with Crippen LogP contribution in [-0.2, 0) is 0 Å². The van der Waals surface area contributed by atoms with Crippen molar-refractivity contribution in [2.75, 3.05) is 0 Å². The second-order valence-electron chi connectivity index (χ2n) is 0.0825. The van der Waals surface area contributed by atoms with Gasteiger partial charge in [-0.1, -0.05) is 0 Å². The Morgan fingerprint density at radius 3 is 1.25 bits per heavy atom. The SMILES string of the molecule is Br[CH-]Br.[Li+]. The summed E-state index contributed by atoms with van der Waals surface area (Å²) in [5.41, 5.74) is 0. The van der Waals surface area contributed by atoms with Crippen molar-refractivity contribution in [3.8, 4) is 0 Å². The number of hydrogen-bond donors (Lipinski definition) is 0. The van der Waals surface area contributed by atoms with Crippen molar-refractivity contribution in [1.82, 2.24) is 0 Å². The van der Waals surface area contributed by atoms with Crippen LogP contribution in [0.25, 0.3) is 0 Å². The van der Waals surface area contributed by atoms with E-state index in [9.17, 15) is 0 Å². The second kappa shape index (κ2) is 8.82. The summed E-state index contributed by atoms with van der Waals surface area (Å²) in [5.74, 6) is 0. The Labute approximate surface area is 54.8 Å². The van der Waals surface area contributed by atoms with Crippen LogP contribution in [0.3, 0.4) is 0 Å². The Balaban J connectivity index is 0. The molecule has 0 amide bonds. The molecule has 0 aliphatic heterocycles. The maximum absolute atomic E-state index is 2.94. The van der Waals surface area contributed by atoms with Gasteiger partial charge in [-0.25, -0.2) is 4.24 Å². The molecule has 0 saturated heterocycles. The van der Waals surface area contributed by atoms with E-state index in [1.807, 2.05) is 0 Å². The summed E-state index contributed by atoms with van der Waals surface area (Å²) in [4.78, 5) is 0. The molecule has 0 rings (SSSR count). The average molecular weight is 180 g/mol. The summed E-state index contributed by atoms with van der Waals surface area (Å²) < 4.78 is 1.62. The van der Waals surface area contributed by atoms with Gasteiger partial charge in [0.05, 0.1) is 0 Å². The topological polar surface area (TPSA) is 0 Å². The van der Waals surface area contributed by atoms with Crippen molar-refractivity contribution >= 4 is 31.9 Å². The van der Waals surface area contributed by atoms with Gasteiger partial charge in [0.1, 0.15) is 0 Å². The number of rotatable bonds is 0. The van der Waals surface area contributed by atoms with E-state index in [1.165, 1.54) is 0 Å². The molecule has 0 unspecified atom stereocenters. The maximum atomic E-state index is 2.94. The first-order valence-corrected chi connectivity index (χ1v) is 2.27. The van der Waals surface area contributed by atoms with Crippen LogP contribution in [0.15, 0.2) is 0 Å². The summed E-state index contributed by atoms with van der Waals surface area (Å²) in [6, 6.07) is 0. The van der Waals surface area contributed by atoms with Gasteiger partial charge >= 0.3 is 18.9 Å². The van der Waals surface area contributed by atoms with Crippen molar-refractivity contribution in [3.63, 3.8) is 0 Å². The minimum Gasteiger partial charge on any atom is -0.308 e. The molecule has 0 aromatic carbocycles. The Bertz CT molecular complexity index is 6.00. The van der Waals surface area contributed by atoms with Crippen LogP contribution in [0.1, 0.15) is 0 Å². The largest absolute Gasteiger partial charge is 1.00 e. The zero-order valence-electron chi connectivity index (χ0n) is 2.33. The summed E-state index contributed by atoms with van der Waals surface area (Å²) in [5, 5.41) is 0. The van der Waals surface area contributed by atoms with Crippen molar-refractivity contribution in [2.24, 2.45) is 0 Å². The fourth-order valence-electron chi connectivity index (χ4n) is 0. The van der Waals surface area contributed by atoms with E-state index in [1.54, 1.807) is 4.24 Å². The molecule has 0 aromatic rings. The van der Waals surface area contributed by atoms with Gasteiger partial charge in [0.25, 0.3) is 0 Å². The molecule has 0 fully saturated rings. The second-order valence-corrected chi connectivity index (χ2v) is 2.23. The van der Waals surface area contributed by atoms with E-state index in [0.717, 1.165) is 0 Å². The molecule has 0 bridgehead atoms. The quantitative estimate of drug-likeness (QED) is 0.327. The van der Waals surface area contributed by atoms with Crippen LogP contribution in [0.5, 0.6) is 0 Å². The number of hydrogen-bond acceptors (Lipinski definition) is 0. The molecular weight excluding hydrogens is 179 g/mol. The molecule has 0 aromatic heterocycles. The minimum atomic E-state index is 0. The third kappa shape index (κ3) is 9.59. The third-order valence-corrected chi connectivity index (χ3v) is 0. The van der Waals surface area contributed by atoms with Gasteiger partial charge < -0.3 is 31.9 Å². The van der Waals surface area contributed by atoms with Crippen molar-refractivity contribution < 1.29 is 18.9 Å². The van der Waals surface area contributed by atoms with Crippen LogP contribution in [0.2, 0.25) is 0 Å². The maximum Gasteiger partial charge on any atom is 1.00 e. The molecule has 0 aliphatic carbocycles. The Kier molecular flexibility index (Phi) is 20.1. The van der Waals surface area contributed by atoms with Crippen LogP contribution < -0.4 is 18.9 Å². The fourth-order valence-corrected chi connectivity index (χ4v) is 0. The number of halogens is 2. The van der Waals surface area contributed by atoms with Gasteiger partial charge in [-0.2, -0.15) is 0 Å². The molecule has 0 N–H and O–H groups in total. The van der Waals surface area contributed by atoms with E-state index >= 15 is 0 Å². The summed E-state index contributed by atoms with van der Waals surface area (Å²) in [7, 11) is 0. The molecule has 0 radical (unpaired) electrons. The predicted molar refractivity (Wildman–Crippen MR) is 22.2 cm³/mol. The third-order valence-electron chi connectivity index (χ3n) is 0.